The Morgan fingerprint density at radius 2 is 2.06 bits per heavy atom. The van der Waals surface area contributed by atoms with Crippen molar-refractivity contribution in [1.29, 1.82) is 5.26 Å². The molecular formula is C14H14N2S. The summed E-state index contributed by atoms with van der Waals surface area (Å²) < 4.78 is 0. The Morgan fingerprint density at radius 3 is 2.71 bits per heavy atom. The molecule has 0 aliphatic rings. The maximum absolute atomic E-state index is 8.99. The van der Waals surface area contributed by atoms with E-state index in [1.807, 2.05) is 35.6 Å². The van der Waals surface area contributed by atoms with Crippen molar-refractivity contribution in [2.75, 3.05) is 5.32 Å². The monoisotopic (exact) mass is 242 g/mol. The summed E-state index contributed by atoms with van der Waals surface area (Å²) in [6.07, 6.45) is 0. The Bertz CT molecular complexity index is 564. The van der Waals surface area contributed by atoms with Gasteiger partial charge in [-0.25, -0.2) is 0 Å². The van der Waals surface area contributed by atoms with Crippen molar-refractivity contribution < 1.29 is 0 Å². The second-order valence-electron chi connectivity index (χ2n) is 3.95. The lowest BCUT2D eigenvalue weighted by Gasteiger charge is -2.07. The maximum atomic E-state index is 8.99. The molecule has 86 valence electrons. The van der Waals surface area contributed by atoms with Crippen LogP contribution in [0.15, 0.2) is 30.3 Å². The van der Waals surface area contributed by atoms with Crippen molar-refractivity contribution in [2.45, 2.75) is 20.4 Å². The highest BCUT2D eigenvalue weighted by molar-refractivity contribution is 7.12. The predicted molar refractivity (Wildman–Crippen MR) is 72.3 cm³/mol. The quantitative estimate of drug-likeness (QED) is 0.887. The number of nitrogens with zero attached hydrogens (tertiary/aromatic N) is 1. The van der Waals surface area contributed by atoms with E-state index >= 15 is 0 Å². The summed E-state index contributed by atoms with van der Waals surface area (Å²) in [5.74, 6) is 0. The van der Waals surface area contributed by atoms with Gasteiger partial charge in [0.15, 0.2) is 0 Å². The van der Waals surface area contributed by atoms with Gasteiger partial charge < -0.3 is 5.32 Å². The zero-order valence-electron chi connectivity index (χ0n) is 9.95. The number of nitrogens with one attached hydrogen (secondary N) is 1. The predicted octanol–water partition coefficient (Wildman–Crippen LogP) is 3.85. The van der Waals surface area contributed by atoms with Crippen LogP contribution in [0, 0.1) is 25.2 Å². The molecule has 0 saturated carbocycles. The molecule has 0 spiro atoms. The lowest BCUT2D eigenvalue weighted by atomic mass is 10.2. The van der Waals surface area contributed by atoms with E-state index in [-0.39, 0.29) is 0 Å². The normalized spacial score (nSPS) is 9.94. The van der Waals surface area contributed by atoms with Gasteiger partial charge >= 0.3 is 0 Å². The summed E-state index contributed by atoms with van der Waals surface area (Å²) in [4.78, 5) is 2.66. The molecule has 17 heavy (non-hydrogen) atoms. The molecule has 3 heteroatoms. The van der Waals surface area contributed by atoms with E-state index in [0.29, 0.717) is 5.56 Å². The van der Waals surface area contributed by atoms with Crippen LogP contribution in [-0.4, -0.2) is 0 Å². The van der Waals surface area contributed by atoms with E-state index in [1.54, 1.807) is 0 Å². The average molecular weight is 242 g/mol. The number of thiophene rings is 1. The van der Waals surface area contributed by atoms with Crippen LogP contribution in [0.1, 0.15) is 20.9 Å². The minimum absolute atomic E-state index is 0.692. The van der Waals surface area contributed by atoms with Crippen LogP contribution >= 0.6 is 11.3 Å². The molecule has 0 aliphatic carbocycles. The smallest absolute Gasteiger partial charge is 0.101 e. The molecule has 1 heterocycles. The molecule has 0 atom stereocenters. The van der Waals surface area contributed by atoms with Crippen LogP contribution in [0.25, 0.3) is 0 Å². The van der Waals surface area contributed by atoms with E-state index in [0.717, 1.165) is 12.2 Å². The highest BCUT2D eigenvalue weighted by Gasteiger charge is 2.04. The van der Waals surface area contributed by atoms with Crippen molar-refractivity contribution >= 4 is 17.0 Å². The zero-order chi connectivity index (χ0) is 12.3. The Balaban J connectivity index is 2.13. The van der Waals surface area contributed by atoms with E-state index < -0.39 is 0 Å². The highest BCUT2D eigenvalue weighted by Crippen LogP contribution is 2.22. The summed E-state index contributed by atoms with van der Waals surface area (Å²) in [5, 5.41) is 12.3. The van der Waals surface area contributed by atoms with Crippen molar-refractivity contribution in [3.63, 3.8) is 0 Å². The van der Waals surface area contributed by atoms with Gasteiger partial charge in [-0.1, -0.05) is 12.1 Å². The second kappa shape index (κ2) is 5.03. The summed E-state index contributed by atoms with van der Waals surface area (Å²) in [7, 11) is 0. The number of hydrogen-bond donors (Lipinski definition) is 1. The molecule has 0 saturated heterocycles. The minimum Gasteiger partial charge on any atom is -0.380 e. The Labute approximate surface area is 106 Å². The van der Waals surface area contributed by atoms with Crippen molar-refractivity contribution in [2.24, 2.45) is 0 Å². The Kier molecular flexibility index (Phi) is 3.46. The molecule has 0 bridgehead atoms. The molecule has 0 aliphatic heterocycles. The third kappa shape index (κ3) is 2.66. The number of benzene rings is 1. The van der Waals surface area contributed by atoms with E-state index in [9.17, 15) is 0 Å². The van der Waals surface area contributed by atoms with Gasteiger partial charge in [0.05, 0.1) is 11.3 Å². The maximum Gasteiger partial charge on any atom is 0.101 e. The molecule has 2 aromatic rings. The van der Waals surface area contributed by atoms with E-state index in [1.165, 1.54) is 15.3 Å². The molecule has 0 amide bonds. The van der Waals surface area contributed by atoms with Crippen LogP contribution < -0.4 is 5.32 Å². The lowest BCUT2D eigenvalue weighted by Crippen LogP contribution is -2.01. The molecule has 0 unspecified atom stereocenters. The molecule has 0 radical (unpaired) electrons. The van der Waals surface area contributed by atoms with Crippen LogP contribution in [0.5, 0.6) is 0 Å². The van der Waals surface area contributed by atoms with Gasteiger partial charge in [-0.2, -0.15) is 5.26 Å². The second-order valence-corrected chi connectivity index (χ2v) is 5.41. The molecule has 1 aromatic heterocycles. The third-order valence-electron chi connectivity index (χ3n) is 2.66. The summed E-state index contributed by atoms with van der Waals surface area (Å²) in [6, 6.07) is 12.0. The fourth-order valence-corrected chi connectivity index (χ4v) is 2.73. The topological polar surface area (TPSA) is 35.8 Å². The zero-order valence-corrected chi connectivity index (χ0v) is 10.8. The van der Waals surface area contributed by atoms with E-state index in [2.05, 4.69) is 31.3 Å². The minimum atomic E-state index is 0.692. The highest BCUT2D eigenvalue weighted by atomic mass is 32.1. The van der Waals surface area contributed by atoms with Gasteiger partial charge in [-0.3, -0.25) is 0 Å². The number of nitriles is 1. The molecule has 1 N–H and O–H groups in total. The van der Waals surface area contributed by atoms with Crippen LogP contribution in [0.4, 0.5) is 5.69 Å². The van der Waals surface area contributed by atoms with Gasteiger partial charge in [-0.15, -0.1) is 11.3 Å². The SMILES string of the molecule is Cc1cc(CNc2ccccc2C#N)c(C)s1. The summed E-state index contributed by atoms with van der Waals surface area (Å²) in [5.41, 5.74) is 2.90. The Morgan fingerprint density at radius 1 is 1.29 bits per heavy atom. The standard InChI is InChI=1S/C14H14N2S/c1-10-7-13(11(2)17-10)9-16-14-6-4-3-5-12(14)8-15/h3-7,16H,9H2,1-2H3. The number of para-hydroxylation sites is 1. The van der Waals surface area contributed by atoms with Crippen molar-refractivity contribution in [3.05, 3.63) is 51.2 Å². The number of aryl methyl sites for hydroxylation is 2. The number of anilines is 1. The lowest BCUT2D eigenvalue weighted by molar-refractivity contribution is 1.14. The molecule has 2 rings (SSSR count). The third-order valence-corrected chi connectivity index (χ3v) is 3.67. The number of rotatable bonds is 3. The first-order chi connectivity index (χ1) is 8.20. The molecular weight excluding hydrogens is 228 g/mol. The first kappa shape index (κ1) is 11.7. The summed E-state index contributed by atoms with van der Waals surface area (Å²) >= 11 is 1.81. The van der Waals surface area contributed by atoms with Gasteiger partial charge in [0.2, 0.25) is 0 Å². The van der Waals surface area contributed by atoms with Gasteiger partial charge in [0.1, 0.15) is 6.07 Å². The fourth-order valence-electron chi connectivity index (χ4n) is 1.78. The van der Waals surface area contributed by atoms with Crippen molar-refractivity contribution in [3.8, 4) is 6.07 Å². The summed E-state index contributed by atoms with van der Waals surface area (Å²) in [6.45, 7) is 5.02. The Hall–Kier alpha value is -1.79. The molecule has 2 nitrogen and oxygen atoms in total. The van der Waals surface area contributed by atoms with Gasteiger partial charge in [0, 0.05) is 16.3 Å². The van der Waals surface area contributed by atoms with Crippen LogP contribution in [-0.2, 0) is 6.54 Å². The first-order valence-electron chi connectivity index (χ1n) is 5.49. The van der Waals surface area contributed by atoms with E-state index in [4.69, 9.17) is 5.26 Å². The molecule has 0 fully saturated rings. The average Bonchev–Trinajstić information content (AvgIpc) is 2.65. The number of hydrogen-bond acceptors (Lipinski definition) is 3. The van der Waals surface area contributed by atoms with Gasteiger partial charge in [0.25, 0.3) is 0 Å². The molecule has 1 aromatic carbocycles. The van der Waals surface area contributed by atoms with Crippen LogP contribution in [0.2, 0.25) is 0 Å². The van der Waals surface area contributed by atoms with Crippen molar-refractivity contribution in [1.82, 2.24) is 0 Å². The van der Waals surface area contributed by atoms with Crippen LogP contribution in [0.3, 0.4) is 0 Å². The largest absolute Gasteiger partial charge is 0.380 e. The first-order valence-corrected chi connectivity index (χ1v) is 6.31. The fraction of sp³-hybridized carbons (Fsp3) is 0.214. The van der Waals surface area contributed by atoms with Gasteiger partial charge in [-0.05, 0) is 37.6 Å².